The maximum atomic E-state index is 12.1. The molecule has 1 rings (SSSR count). The van der Waals surface area contributed by atoms with Crippen LogP contribution in [-0.4, -0.2) is 35.0 Å². The zero-order valence-electron chi connectivity index (χ0n) is 11.5. The number of hydrogen-bond donors (Lipinski definition) is 2. The minimum absolute atomic E-state index is 0.0955. The zero-order chi connectivity index (χ0) is 14.3. The van der Waals surface area contributed by atoms with Crippen LogP contribution in [0.15, 0.2) is 12.1 Å². The van der Waals surface area contributed by atoms with Crippen LogP contribution in [0.5, 0.6) is 0 Å². The molecule has 4 nitrogen and oxygen atoms in total. The first kappa shape index (κ1) is 16.1. The summed E-state index contributed by atoms with van der Waals surface area (Å²) in [6.07, 6.45) is 0. The standard InChI is InChI=1S/C13H20ClN3OS/c1-4-15-11-7-6-10(14)12(17-11)13(18)16-9(3)8-19-5-2/h6-7,9H,4-5,8H2,1-3H3,(H,15,17)(H,16,18). The average Bonchev–Trinajstić information content (AvgIpc) is 2.38. The molecule has 0 aliphatic carbocycles. The lowest BCUT2D eigenvalue weighted by atomic mass is 10.3. The van der Waals surface area contributed by atoms with Gasteiger partial charge in [-0.2, -0.15) is 11.8 Å². The number of anilines is 1. The number of nitrogens with zero attached hydrogens (tertiary/aromatic N) is 1. The zero-order valence-corrected chi connectivity index (χ0v) is 13.1. The van der Waals surface area contributed by atoms with Gasteiger partial charge in [-0.05, 0) is 31.7 Å². The number of pyridine rings is 1. The summed E-state index contributed by atoms with van der Waals surface area (Å²) < 4.78 is 0. The van der Waals surface area contributed by atoms with E-state index < -0.39 is 0 Å². The fourth-order valence-corrected chi connectivity index (χ4v) is 2.37. The molecule has 0 spiro atoms. The Morgan fingerprint density at radius 2 is 2.21 bits per heavy atom. The second-order valence-electron chi connectivity index (χ2n) is 4.09. The molecule has 2 N–H and O–H groups in total. The van der Waals surface area contributed by atoms with Crippen molar-refractivity contribution in [2.24, 2.45) is 0 Å². The Hall–Kier alpha value is -0.940. The minimum Gasteiger partial charge on any atom is -0.370 e. The van der Waals surface area contributed by atoms with Crippen molar-refractivity contribution in [2.45, 2.75) is 26.8 Å². The predicted octanol–water partition coefficient (Wildman–Crippen LogP) is 3.04. The van der Waals surface area contributed by atoms with Crippen LogP contribution < -0.4 is 10.6 Å². The fraction of sp³-hybridized carbons (Fsp3) is 0.538. The number of carbonyl (C=O) groups excluding carboxylic acids is 1. The predicted molar refractivity (Wildman–Crippen MR) is 83.3 cm³/mol. The Labute approximate surface area is 123 Å². The van der Waals surface area contributed by atoms with E-state index in [9.17, 15) is 4.79 Å². The Balaban J connectivity index is 2.72. The van der Waals surface area contributed by atoms with Gasteiger partial charge in [0, 0.05) is 18.3 Å². The molecule has 1 amide bonds. The molecular weight excluding hydrogens is 282 g/mol. The van der Waals surface area contributed by atoms with Crippen LogP contribution in [0.2, 0.25) is 5.02 Å². The van der Waals surface area contributed by atoms with Crippen molar-refractivity contribution in [3.8, 4) is 0 Å². The quantitative estimate of drug-likeness (QED) is 0.813. The van der Waals surface area contributed by atoms with Crippen molar-refractivity contribution < 1.29 is 4.79 Å². The van der Waals surface area contributed by atoms with Crippen LogP contribution >= 0.6 is 23.4 Å². The summed E-state index contributed by atoms with van der Waals surface area (Å²) in [5.41, 5.74) is 0.272. The maximum Gasteiger partial charge on any atom is 0.271 e. The van der Waals surface area contributed by atoms with Crippen molar-refractivity contribution in [3.05, 3.63) is 22.8 Å². The largest absolute Gasteiger partial charge is 0.370 e. The SMILES string of the molecule is CCNc1ccc(Cl)c(C(=O)NC(C)CSCC)n1. The lowest BCUT2D eigenvalue weighted by Gasteiger charge is -2.14. The lowest BCUT2D eigenvalue weighted by molar-refractivity contribution is 0.0939. The van der Waals surface area contributed by atoms with Gasteiger partial charge in [-0.25, -0.2) is 4.98 Å². The number of hydrogen-bond acceptors (Lipinski definition) is 4. The summed E-state index contributed by atoms with van der Waals surface area (Å²) in [6.45, 7) is 6.79. The van der Waals surface area contributed by atoms with Gasteiger partial charge < -0.3 is 10.6 Å². The normalized spacial score (nSPS) is 12.0. The Kier molecular flexibility index (Phi) is 7.02. The molecule has 0 saturated heterocycles. The first-order valence-electron chi connectivity index (χ1n) is 6.37. The molecule has 0 saturated carbocycles. The summed E-state index contributed by atoms with van der Waals surface area (Å²) in [6, 6.07) is 3.55. The number of amides is 1. The van der Waals surface area contributed by atoms with E-state index in [0.717, 1.165) is 18.1 Å². The van der Waals surface area contributed by atoms with Crippen molar-refractivity contribution in [2.75, 3.05) is 23.4 Å². The number of nitrogens with one attached hydrogen (secondary N) is 2. The van der Waals surface area contributed by atoms with Crippen molar-refractivity contribution in [1.29, 1.82) is 0 Å². The lowest BCUT2D eigenvalue weighted by Crippen LogP contribution is -2.35. The highest BCUT2D eigenvalue weighted by molar-refractivity contribution is 7.99. The van der Waals surface area contributed by atoms with Gasteiger partial charge in [0.25, 0.3) is 5.91 Å². The second kappa shape index (κ2) is 8.27. The number of rotatable bonds is 7. The Bertz CT molecular complexity index is 428. The first-order valence-corrected chi connectivity index (χ1v) is 7.90. The van der Waals surface area contributed by atoms with Gasteiger partial charge in [0.15, 0.2) is 0 Å². The van der Waals surface area contributed by atoms with E-state index in [1.54, 1.807) is 23.9 Å². The average molecular weight is 302 g/mol. The molecule has 1 unspecified atom stereocenters. The van der Waals surface area contributed by atoms with Gasteiger partial charge in [-0.1, -0.05) is 18.5 Å². The van der Waals surface area contributed by atoms with Crippen LogP contribution in [0, 0.1) is 0 Å². The van der Waals surface area contributed by atoms with E-state index in [2.05, 4.69) is 22.5 Å². The Morgan fingerprint density at radius 1 is 1.47 bits per heavy atom. The summed E-state index contributed by atoms with van der Waals surface area (Å²) in [4.78, 5) is 16.3. The molecule has 106 valence electrons. The van der Waals surface area contributed by atoms with E-state index >= 15 is 0 Å². The number of halogens is 1. The van der Waals surface area contributed by atoms with Crippen molar-refractivity contribution >= 4 is 35.1 Å². The third-order valence-corrected chi connectivity index (χ3v) is 3.82. The molecule has 0 aliphatic rings. The van der Waals surface area contributed by atoms with Crippen molar-refractivity contribution in [1.82, 2.24) is 10.3 Å². The van der Waals surface area contributed by atoms with Crippen LogP contribution in [0.25, 0.3) is 0 Å². The maximum absolute atomic E-state index is 12.1. The topological polar surface area (TPSA) is 54.0 Å². The molecule has 1 aromatic heterocycles. The minimum atomic E-state index is -0.228. The molecule has 0 aromatic carbocycles. The van der Waals surface area contributed by atoms with E-state index in [-0.39, 0.29) is 17.6 Å². The van der Waals surface area contributed by atoms with Crippen LogP contribution in [0.1, 0.15) is 31.3 Å². The number of thioether (sulfide) groups is 1. The van der Waals surface area contributed by atoms with Crippen LogP contribution in [0.3, 0.4) is 0 Å². The summed E-state index contributed by atoms with van der Waals surface area (Å²) in [5.74, 6) is 2.35. The monoisotopic (exact) mass is 301 g/mol. The molecule has 1 heterocycles. The Morgan fingerprint density at radius 3 is 2.84 bits per heavy atom. The highest BCUT2D eigenvalue weighted by Gasteiger charge is 2.15. The highest BCUT2D eigenvalue weighted by Crippen LogP contribution is 2.17. The fourth-order valence-electron chi connectivity index (χ4n) is 1.51. The van der Waals surface area contributed by atoms with Gasteiger partial charge >= 0.3 is 0 Å². The molecule has 0 aliphatic heterocycles. The molecule has 0 fully saturated rings. The van der Waals surface area contributed by atoms with Gasteiger partial charge in [-0.15, -0.1) is 0 Å². The molecular formula is C13H20ClN3OS. The van der Waals surface area contributed by atoms with Gasteiger partial charge in [0.2, 0.25) is 0 Å². The van der Waals surface area contributed by atoms with Crippen LogP contribution in [0.4, 0.5) is 5.82 Å². The molecule has 6 heteroatoms. The van der Waals surface area contributed by atoms with Crippen LogP contribution in [-0.2, 0) is 0 Å². The van der Waals surface area contributed by atoms with E-state index in [4.69, 9.17) is 11.6 Å². The van der Waals surface area contributed by atoms with Gasteiger partial charge in [-0.3, -0.25) is 4.79 Å². The van der Waals surface area contributed by atoms with Crippen molar-refractivity contribution in [3.63, 3.8) is 0 Å². The molecule has 0 radical (unpaired) electrons. The number of aromatic nitrogens is 1. The molecule has 0 bridgehead atoms. The highest BCUT2D eigenvalue weighted by atomic mass is 35.5. The summed E-state index contributed by atoms with van der Waals surface area (Å²) in [7, 11) is 0. The van der Waals surface area contributed by atoms with E-state index in [0.29, 0.717) is 10.8 Å². The third kappa shape index (κ3) is 5.28. The smallest absolute Gasteiger partial charge is 0.271 e. The van der Waals surface area contributed by atoms with E-state index in [1.807, 2.05) is 13.8 Å². The summed E-state index contributed by atoms with van der Waals surface area (Å²) in [5, 5.41) is 6.34. The summed E-state index contributed by atoms with van der Waals surface area (Å²) >= 11 is 7.81. The molecule has 1 atom stereocenters. The number of carbonyl (C=O) groups is 1. The first-order chi connectivity index (χ1) is 9.08. The van der Waals surface area contributed by atoms with Gasteiger partial charge in [0.1, 0.15) is 11.5 Å². The molecule has 1 aromatic rings. The molecule has 19 heavy (non-hydrogen) atoms. The second-order valence-corrected chi connectivity index (χ2v) is 5.82. The van der Waals surface area contributed by atoms with Gasteiger partial charge in [0.05, 0.1) is 5.02 Å². The third-order valence-electron chi connectivity index (χ3n) is 2.37. The van der Waals surface area contributed by atoms with E-state index in [1.165, 1.54) is 0 Å².